The van der Waals surface area contributed by atoms with Gasteiger partial charge in [-0.2, -0.15) is 0 Å². The minimum absolute atomic E-state index is 0.00335. The number of morpholine rings is 1. The fourth-order valence-electron chi connectivity index (χ4n) is 2.43. The summed E-state index contributed by atoms with van der Waals surface area (Å²) >= 11 is 0. The molecule has 1 saturated heterocycles. The van der Waals surface area contributed by atoms with E-state index in [1.54, 1.807) is 6.26 Å². The second-order valence-corrected chi connectivity index (χ2v) is 5.22. The van der Waals surface area contributed by atoms with E-state index in [-0.39, 0.29) is 24.3 Å². The van der Waals surface area contributed by atoms with Gasteiger partial charge >= 0.3 is 0 Å². The summed E-state index contributed by atoms with van der Waals surface area (Å²) in [7, 11) is 0. The Balaban J connectivity index is 1.84. The third kappa shape index (κ3) is 5.16. The molecule has 0 aromatic carbocycles. The molecule has 7 nitrogen and oxygen atoms in total. The van der Waals surface area contributed by atoms with Gasteiger partial charge in [-0.05, 0) is 12.1 Å². The van der Waals surface area contributed by atoms with Crippen molar-refractivity contribution < 1.29 is 18.7 Å². The SMILES string of the molecule is CC(=O)NCCC(=O)NCC(c1ccco1)N1CCOCC1. The van der Waals surface area contributed by atoms with Gasteiger partial charge in [0.2, 0.25) is 11.8 Å². The van der Waals surface area contributed by atoms with E-state index in [2.05, 4.69) is 15.5 Å². The molecule has 1 unspecified atom stereocenters. The second-order valence-electron chi connectivity index (χ2n) is 5.22. The molecule has 1 aliphatic rings. The van der Waals surface area contributed by atoms with Crippen LogP contribution in [-0.2, 0) is 14.3 Å². The van der Waals surface area contributed by atoms with Crippen LogP contribution in [0.5, 0.6) is 0 Å². The summed E-state index contributed by atoms with van der Waals surface area (Å²) in [4.78, 5) is 24.9. The standard InChI is InChI=1S/C15H23N3O4/c1-12(19)16-5-4-15(20)17-11-13(14-3-2-8-22-14)18-6-9-21-10-7-18/h2-3,8,13H,4-7,9-11H2,1H3,(H,16,19)(H,17,20). The van der Waals surface area contributed by atoms with E-state index in [0.29, 0.717) is 26.3 Å². The highest BCUT2D eigenvalue weighted by atomic mass is 16.5. The van der Waals surface area contributed by atoms with E-state index < -0.39 is 0 Å². The third-order valence-corrected chi connectivity index (χ3v) is 3.58. The summed E-state index contributed by atoms with van der Waals surface area (Å²) in [6.07, 6.45) is 1.91. The van der Waals surface area contributed by atoms with Crippen LogP contribution < -0.4 is 10.6 Å². The zero-order valence-electron chi connectivity index (χ0n) is 12.8. The number of rotatable bonds is 7. The molecule has 1 fully saturated rings. The Bertz CT molecular complexity index is 469. The molecule has 2 rings (SSSR count). The van der Waals surface area contributed by atoms with Crippen LogP contribution in [0.2, 0.25) is 0 Å². The summed E-state index contributed by atoms with van der Waals surface area (Å²) in [6.45, 7) is 5.27. The van der Waals surface area contributed by atoms with Crippen LogP contribution in [0.15, 0.2) is 22.8 Å². The monoisotopic (exact) mass is 309 g/mol. The van der Waals surface area contributed by atoms with Gasteiger partial charge in [-0.3, -0.25) is 14.5 Å². The first-order chi connectivity index (χ1) is 10.7. The predicted molar refractivity (Wildman–Crippen MR) is 80.2 cm³/mol. The Kier molecular flexibility index (Phi) is 6.42. The van der Waals surface area contributed by atoms with Crippen LogP contribution >= 0.6 is 0 Å². The molecule has 1 aromatic heterocycles. The van der Waals surface area contributed by atoms with E-state index in [1.165, 1.54) is 6.92 Å². The normalized spacial score (nSPS) is 17.0. The van der Waals surface area contributed by atoms with Crippen LogP contribution in [0.3, 0.4) is 0 Å². The van der Waals surface area contributed by atoms with Gasteiger partial charge < -0.3 is 19.8 Å². The van der Waals surface area contributed by atoms with Crippen LogP contribution in [-0.4, -0.2) is 56.1 Å². The van der Waals surface area contributed by atoms with Gasteiger partial charge in [0, 0.05) is 39.5 Å². The van der Waals surface area contributed by atoms with Crippen molar-refractivity contribution in [1.82, 2.24) is 15.5 Å². The lowest BCUT2D eigenvalue weighted by Crippen LogP contribution is -2.44. The van der Waals surface area contributed by atoms with E-state index >= 15 is 0 Å². The molecular weight excluding hydrogens is 286 g/mol. The van der Waals surface area contributed by atoms with E-state index in [0.717, 1.165) is 18.8 Å². The zero-order valence-corrected chi connectivity index (χ0v) is 12.8. The highest BCUT2D eigenvalue weighted by molar-refractivity contribution is 5.77. The van der Waals surface area contributed by atoms with Gasteiger partial charge in [0.1, 0.15) is 5.76 Å². The highest BCUT2D eigenvalue weighted by Crippen LogP contribution is 2.21. The van der Waals surface area contributed by atoms with Crippen molar-refractivity contribution in [2.24, 2.45) is 0 Å². The number of ether oxygens (including phenoxy) is 1. The average molecular weight is 309 g/mol. The minimum Gasteiger partial charge on any atom is -0.468 e. The van der Waals surface area contributed by atoms with Crippen molar-refractivity contribution in [3.63, 3.8) is 0 Å². The third-order valence-electron chi connectivity index (χ3n) is 3.58. The average Bonchev–Trinajstić information content (AvgIpc) is 3.02. The smallest absolute Gasteiger partial charge is 0.221 e. The van der Waals surface area contributed by atoms with E-state index in [4.69, 9.17) is 9.15 Å². The highest BCUT2D eigenvalue weighted by Gasteiger charge is 2.25. The molecule has 0 saturated carbocycles. The van der Waals surface area contributed by atoms with Crippen LogP contribution in [0.1, 0.15) is 25.1 Å². The van der Waals surface area contributed by atoms with Gasteiger partial charge in [0.05, 0.1) is 25.5 Å². The molecule has 0 radical (unpaired) electrons. The fourth-order valence-corrected chi connectivity index (χ4v) is 2.43. The van der Waals surface area contributed by atoms with Crippen molar-refractivity contribution in [2.45, 2.75) is 19.4 Å². The van der Waals surface area contributed by atoms with Crippen molar-refractivity contribution in [2.75, 3.05) is 39.4 Å². The minimum atomic E-state index is -0.130. The van der Waals surface area contributed by atoms with Gasteiger partial charge in [0.15, 0.2) is 0 Å². The molecule has 1 aliphatic heterocycles. The Morgan fingerprint density at radius 1 is 1.32 bits per heavy atom. The number of carbonyl (C=O) groups excluding carboxylic acids is 2. The summed E-state index contributed by atoms with van der Waals surface area (Å²) in [5.74, 6) is 0.622. The van der Waals surface area contributed by atoms with Gasteiger partial charge in [-0.25, -0.2) is 0 Å². The van der Waals surface area contributed by atoms with Crippen LogP contribution in [0.4, 0.5) is 0 Å². The molecule has 2 heterocycles. The summed E-state index contributed by atoms with van der Waals surface area (Å²) in [5, 5.41) is 5.52. The lowest BCUT2D eigenvalue weighted by Gasteiger charge is -2.33. The van der Waals surface area contributed by atoms with Crippen molar-refractivity contribution in [1.29, 1.82) is 0 Å². The second kappa shape index (κ2) is 8.55. The number of nitrogens with zero attached hydrogens (tertiary/aromatic N) is 1. The zero-order chi connectivity index (χ0) is 15.8. The number of hydrogen-bond acceptors (Lipinski definition) is 5. The quantitative estimate of drug-likeness (QED) is 0.756. The molecule has 0 aliphatic carbocycles. The molecular formula is C15H23N3O4. The summed E-state index contributed by atoms with van der Waals surface area (Å²) in [5.41, 5.74) is 0. The van der Waals surface area contributed by atoms with Crippen LogP contribution in [0, 0.1) is 0 Å². The van der Waals surface area contributed by atoms with E-state index in [9.17, 15) is 9.59 Å². The first-order valence-corrected chi connectivity index (χ1v) is 7.53. The van der Waals surface area contributed by atoms with Gasteiger partial charge in [-0.15, -0.1) is 0 Å². The fraction of sp³-hybridized carbons (Fsp3) is 0.600. The molecule has 2 N–H and O–H groups in total. The maximum absolute atomic E-state index is 11.8. The molecule has 2 amide bonds. The lowest BCUT2D eigenvalue weighted by atomic mass is 10.1. The van der Waals surface area contributed by atoms with Crippen LogP contribution in [0.25, 0.3) is 0 Å². The lowest BCUT2D eigenvalue weighted by molar-refractivity contribution is -0.121. The maximum atomic E-state index is 11.8. The maximum Gasteiger partial charge on any atom is 0.221 e. The number of amides is 2. The molecule has 0 bridgehead atoms. The molecule has 1 atom stereocenters. The number of carbonyl (C=O) groups is 2. The molecule has 7 heteroatoms. The van der Waals surface area contributed by atoms with Gasteiger partial charge in [-0.1, -0.05) is 0 Å². The predicted octanol–water partition coefficient (Wildman–Crippen LogP) is 0.295. The number of nitrogens with one attached hydrogen (secondary N) is 2. The van der Waals surface area contributed by atoms with Crippen molar-refractivity contribution in [3.05, 3.63) is 24.2 Å². The Labute approximate surface area is 130 Å². The molecule has 122 valence electrons. The van der Waals surface area contributed by atoms with Crippen molar-refractivity contribution in [3.8, 4) is 0 Å². The summed E-state index contributed by atoms with van der Waals surface area (Å²) < 4.78 is 10.9. The number of hydrogen-bond donors (Lipinski definition) is 2. The number of furan rings is 1. The Hall–Kier alpha value is -1.86. The van der Waals surface area contributed by atoms with E-state index in [1.807, 2.05) is 12.1 Å². The Morgan fingerprint density at radius 3 is 2.73 bits per heavy atom. The summed E-state index contributed by atoms with van der Waals surface area (Å²) in [6, 6.07) is 3.77. The van der Waals surface area contributed by atoms with Gasteiger partial charge in [0.25, 0.3) is 0 Å². The molecule has 22 heavy (non-hydrogen) atoms. The topological polar surface area (TPSA) is 83.8 Å². The first kappa shape index (κ1) is 16.5. The molecule has 1 aromatic rings. The van der Waals surface area contributed by atoms with Crippen molar-refractivity contribution >= 4 is 11.8 Å². The largest absolute Gasteiger partial charge is 0.468 e. The molecule has 0 spiro atoms. The Morgan fingerprint density at radius 2 is 2.09 bits per heavy atom. The first-order valence-electron chi connectivity index (χ1n) is 7.53.